The van der Waals surface area contributed by atoms with Gasteiger partial charge in [0.2, 0.25) is 5.82 Å². The van der Waals surface area contributed by atoms with Crippen molar-refractivity contribution in [3.05, 3.63) is 44.5 Å². The zero-order valence-corrected chi connectivity index (χ0v) is 15.8. The van der Waals surface area contributed by atoms with Crippen molar-refractivity contribution >= 4 is 39.1 Å². The number of aliphatic hydroxyl groups excluding tert-OH is 1. The predicted octanol–water partition coefficient (Wildman–Crippen LogP) is 3.48. The van der Waals surface area contributed by atoms with E-state index in [4.69, 9.17) is 5.26 Å². The standard InChI is InChI=1S/C17H17BrN6O3/c18-13-7-14(24(26)27)17(22-15-6-1-10(8-19)9-20-15)23-16(13)21-11-2-4-12(25)5-3-11/h1,6-7,9,11-12,25H,2-5H2,(H2,20,21,22,23). The van der Waals surface area contributed by atoms with Crippen molar-refractivity contribution in [1.82, 2.24) is 9.97 Å². The van der Waals surface area contributed by atoms with Crippen LogP contribution in [0.4, 0.5) is 23.1 Å². The first-order chi connectivity index (χ1) is 13.0. The molecule has 0 amide bonds. The molecule has 0 bridgehead atoms. The molecular formula is C17H17BrN6O3. The van der Waals surface area contributed by atoms with E-state index < -0.39 is 4.92 Å². The molecule has 140 valence electrons. The van der Waals surface area contributed by atoms with Gasteiger partial charge in [-0.2, -0.15) is 5.26 Å². The molecule has 0 unspecified atom stereocenters. The topological polar surface area (TPSA) is 137 Å². The fourth-order valence-corrected chi connectivity index (χ4v) is 3.30. The highest BCUT2D eigenvalue weighted by atomic mass is 79.9. The summed E-state index contributed by atoms with van der Waals surface area (Å²) in [4.78, 5) is 19.3. The Hall–Kier alpha value is -2.77. The summed E-state index contributed by atoms with van der Waals surface area (Å²) < 4.78 is 0.485. The van der Waals surface area contributed by atoms with Crippen LogP contribution in [-0.2, 0) is 0 Å². The molecule has 0 aliphatic heterocycles. The van der Waals surface area contributed by atoms with Crippen LogP contribution in [0.25, 0.3) is 0 Å². The molecule has 1 aliphatic carbocycles. The van der Waals surface area contributed by atoms with E-state index in [1.54, 1.807) is 12.1 Å². The molecule has 0 aromatic carbocycles. The van der Waals surface area contributed by atoms with Crippen molar-refractivity contribution in [1.29, 1.82) is 5.26 Å². The highest BCUT2D eigenvalue weighted by Crippen LogP contribution is 2.34. The number of pyridine rings is 2. The van der Waals surface area contributed by atoms with Crippen molar-refractivity contribution < 1.29 is 10.0 Å². The number of nitro groups is 1. The fourth-order valence-electron chi connectivity index (χ4n) is 2.88. The van der Waals surface area contributed by atoms with E-state index in [0.29, 0.717) is 34.5 Å². The summed E-state index contributed by atoms with van der Waals surface area (Å²) in [5.41, 5.74) is 0.193. The zero-order chi connectivity index (χ0) is 19.4. The van der Waals surface area contributed by atoms with E-state index in [1.165, 1.54) is 12.3 Å². The van der Waals surface area contributed by atoms with Gasteiger partial charge in [-0.3, -0.25) is 10.1 Å². The first-order valence-electron chi connectivity index (χ1n) is 8.39. The first-order valence-corrected chi connectivity index (χ1v) is 9.18. The molecule has 0 spiro atoms. The Morgan fingerprint density at radius 3 is 2.63 bits per heavy atom. The van der Waals surface area contributed by atoms with Crippen LogP contribution in [0.2, 0.25) is 0 Å². The highest BCUT2D eigenvalue weighted by molar-refractivity contribution is 9.10. The summed E-state index contributed by atoms with van der Waals surface area (Å²) >= 11 is 3.33. The molecule has 9 nitrogen and oxygen atoms in total. The van der Waals surface area contributed by atoms with Crippen LogP contribution in [-0.4, -0.2) is 32.1 Å². The van der Waals surface area contributed by atoms with Gasteiger partial charge in [0.15, 0.2) is 0 Å². The molecule has 2 aromatic heterocycles. The Kier molecular flexibility index (Phi) is 5.83. The summed E-state index contributed by atoms with van der Waals surface area (Å²) in [6.07, 6.45) is 4.12. The largest absolute Gasteiger partial charge is 0.393 e. The summed E-state index contributed by atoms with van der Waals surface area (Å²) in [5, 5.41) is 36.0. The molecule has 2 aromatic rings. The molecule has 10 heteroatoms. The van der Waals surface area contributed by atoms with Crippen molar-refractivity contribution in [2.75, 3.05) is 10.6 Å². The normalized spacial score (nSPS) is 19.1. The van der Waals surface area contributed by atoms with Crippen LogP contribution in [0, 0.1) is 21.4 Å². The highest BCUT2D eigenvalue weighted by Gasteiger charge is 2.23. The second-order valence-electron chi connectivity index (χ2n) is 6.26. The van der Waals surface area contributed by atoms with Gasteiger partial charge in [0, 0.05) is 18.3 Å². The molecular weight excluding hydrogens is 416 g/mol. The number of hydrogen-bond donors (Lipinski definition) is 3. The fraction of sp³-hybridized carbons (Fsp3) is 0.353. The van der Waals surface area contributed by atoms with Gasteiger partial charge >= 0.3 is 5.69 Å². The van der Waals surface area contributed by atoms with E-state index in [2.05, 4.69) is 36.5 Å². The third kappa shape index (κ3) is 4.69. The van der Waals surface area contributed by atoms with Crippen molar-refractivity contribution in [2.45, 2.75) is 37.8 Å². The summed E-state index contributed by atoms with van der Waals surface area (Å²) in [5.74, 6) is 0.885. The van der Waals surface area contributed by atoms with Gasteiger partial charge in [0.1, 0.15) is 17.7 Å². The maximum absolute atomic E-state index is 11.4. The lowest BCUT2D eigenvalue weighted by atomic mass is 9.93. The van der Waals surface area contributed by atoms with Crippen molar-refractivity contribution in [2.24, 2.45) is 0 Å². The minimum Gasteiger partial charge on any atom is -0.393 e. The summed E-state index contributed by atoms with van der Waals surface area (Å²) in [6.45, 7) is 0. The lowest BCUT2D eigenvalue weighted by Gasteiger charge is -2.27. The molecule has 2 heterocycles. The van der Waals surface area contributed by atoms with Gasteiger partial charge in [-0.1, -0.05) is 0 Å². The number of nitrogens with zero attached hydrogens (tertiary/aromatic N) is 4. The lowest BCUT2D eigenvalue weighted by Crippen LogP contribution is -2.28. The van der Waals surface area contributed by atoms with Crippen molar-refractivity contribution in [3.8, 4) is 6.07 Å². The van der Waals surface area contributed by atoms with E-state index in [9.17, 15) is 15.2 Å². The minimum absolute atomic E-state index is 0.0544. The molecule has 1 fully saturated rings. The maximum atomic E-state index is 11.4. The van der Waals surface area contributed by atoms with Crippen LogP contribution in [0.1, 0.15) is 31.2 Å². The average molecular weight is 433 g/mol. The Labute approximate surface area is 163 Å². The monoisotopic (exact) mass is 432 g/mol. The third-order valence-electron chi connectivity index (χ3n) is 4.33. The number of anilines is 3. The molecule has 27 heavy (non-hydrogen) atoms. The minimum atomic E-state index is -0.523. The van der Waals surface area contributed by atoms with Gasteiger partial charge in [-0.15, -0.1) is 0 Å². The third-order valence-corrected chi connectivity index (χ3v) is 4.93. The van der Waals surface area contributed by atoms with Gasteiger partial charge in [0.05, 0.1) is 21.1 Å². The van der Waals surface area contributed by atoms with Crippen molar-refractivity contribution in [3.63, 3.8) is 0 Å². The summed E-state index contributed by atoms with van der Waals surface area (Å²) in [6, 6.07) is 6.61. The van der Waals surface area contributed by atoms with E-state index >= 15 is 0 Å². The van der Waals surface area contributed by atoms with Crippen LogP contribution in [0.15, 0.2) is 28.9 Å². The van der Waals surface area contributed by atoms with Crippen LogP contribution >= 0.6 is 15.9 Å². The molecule has 3 rings (SSSR count). The number of rotatable bonds is 5. The molecule has 0 radical (unpaired) electrons. The van der Waals surface area contributed by atoms with Crippen LogP contribution in [0.5, 0.6) is 0 Å². The second kappa shape index (κ2) is 8.28. The molecule has 1 aliphatic rings. The predicted molar refractivity (Wildman–Crippen MR) is 103 cm³/mol. The van der Waals surface area contributed by atoms with Gasteiger partial charge < -0.3 is 15.7 Å². The number of aromatic nitrogens is 2. The maximum Gasteiger partial charge on any atom is 0.313 e. The Morgan fingerprint density at radius 1 is 1.30 bits per heavy atom. The van der Waals surface area contributed by atoms with E-state index in [-0.39, 0.29) is 23.7 Å². The van der Waals surface area contributed by atoms with Crippen LogP contribution < -0.4 is 10.6 Å². The van der Waals surface area contributed by atoms with E-state index in [1.807, 2.05) is 6.07 Å². The number of nitriles is 1. The molecule has 1 saturated carbocycles. The Bertz CT molecular complexity index is 875. The number of nitrogens with one attached hydrogen (secondary N) is 2. The Morgan fingerprint density at radius 2 is 2.04 bits per heavy atom. The summed E-state index contributed by atoms with van der Waals surface area (Å²) in [7, 11) is 0. The molecule has 0 atom stereocenters. The lowest BCUT2D eigenvalue weighted by molar-refractivity contribution is -0.384. The van der Waals surface area contributed by atoms with Gasteiger partial charge in [-0.05, 0) is 53.7 Å². The van der Waals surface area contributed by atoms with E-state index in [0.717, 1.165) is 12.8 Å². The quantitative estimate of drug-likeness (QED) is 0.482. The van der Waals surface area contributed by atoms with Gasteiger partial charge in [0.25, 0.3) is 0 Å². The Balaban J connectivity index is 1.86. The number of aliphatic hydroxyl groups is 1. The average Bonchev–Trinajstić information content (AvgIpc) is 2.66. The number of hydrogen-bond acceptors (Lipinski definition) is 8. The first kappa shape index (κ1) is 19.0. The molecule has 0 saturated heterocycles. The SMILES string of the molecule is N#Cc1ccc(Nc2nc(NC3CCC(O)CC3)c(Br)cc2[N+](=O)[O-])nc1. The van der Waals surface area contributed by atoms with Gasteiger partial charge in [-0.25, -0.2) is 9.97 Å². The second-order valence-corrected chi connectivity index (χ2v) is 7.12. The smallest absolute Gasteiger partial charge is 0.313 e. The zero-order valence-electron chi connectivity index (χ0n) is 14.2. The van der Waals surface area contributed by atoms with Crippen LogP contribution in [0.3, 0.4) is 0 Å². The number of halogens is 1. The molecule has 3 N–H and O–H groups in total.